The van der Waals surface area contributed by atoms with Crippen LogP contribution in [-0.4, -0.2) is 17.8 Å². The molecule has 16 heavy (non-hydrogen) atoms. The van der Waals surface area contributed by atoms with Crippen LogP contribution in [0.4, 0.5) is 4.39 Å². The van der Waals surface area contributed by atoms with Crippen LogP contribution in [0.5, 0.6) is 0 Å². The summed E-state index contributed by atoms with van der Waals surface area (Å²) in [7, 11) is 0. The fraction of sp³-hybridized carbons (Fsp3) is 0.538. The number of aliphatic hydroxyl groups is 1. The van der Waals surface area contributed by atoms with E-state index < -0.39 is 0 Å². The van der Waals surface area contributed by atoms with Crippen molar-refractivity contribution >= 4 is 0 Å². The van der Waals surface area contributed by atoms with Gasteiger partial charge in [-0.2, -0.15) is 0 Å². The lowest BCUT2D eigenvalue weighted by Gasteiger charge is -2.22. The first-order valence-electron chi connectivity index (χ1n) is 5.80. The van der Waals surface area contributed by atoms with Crippen molar-refractivity contribution in [2.24, 2.45) is 0 Å². The molecule has 90 valence electrons. The van der Waals surface area contributed by atoms with Gasteiger partial charge in [0.15, 0.2) is 0 Å². The van der Waals surface area contributed by atoms with Gasteiger partial charge >= 0.3 is 0 Å². The molecule has 2 N–H and O–H groups in total. The molecule has 0 radical (unpaired) electrons. The monoisotopic (exact) mass is 225 g/mol. The van der Waals surface area contributed by atoms with Gasteiger partial charge in [-0.05, 0) is 25.8 Å². The molecular weight excluding hydrogens is 205 g/mol. The van der Waals surface area contributed by atoms with Gasteiger partial charge in [0.2, 0.25) is 0 Å². The molecule has 0 saturated carbocycles. The summed E-state index contributed by atoms with van der Waals surface area (Å²) in [6.07, 6.45) is 1.52. The van der Waals surface area contributed by atoms with Crippen LogP contribution in [0.2, 0.25) is 0 Å². The van der Waals surface area contributed by atoms with Crippen molar-refractivity contribution in [1.82, 2.24) is 5.32 Å². The molecule has 0 spiro atoms. The van der Waals surface area contributed by atoms with Crippen molar-refractivity contribution in [2.45, 2.75) is 38.8 Å². The lowest BCUT2D eigenvalue weighted by atomic mass is 10.0. The SMILES string of the molecule is CCC(N[C@H](C)CCO)c1ccccc1F. The predicted octanol–water partition coefficient (Wildman–Crippen LogP) is 2.64. The lowest BCUT2D eigenvalue weighted by molar-refractivity contribution is 0.261. The van der Waals surface area contributed by atoms with E-state index in [0.717, 1.165) is 6.42 Å². The Bertz CT molecular complexity index is 317. The zero-order valence-corrected chi connectivity index (χ0v) is 9.91. The normalized spacial score (nSPS) is 14.8. The minimum Gasteiger partial charge on any atom is -0.396 e. The van der Waals surface area contributed by atoms with E-state index in [0.29, 0.717) is 12.0 Å². The summed E-state index contributed by atoms with van der Waals surface area (Å²) in [5, 5.41) is 12.2. The summed E-state index contributed by atoms with van der Waals surface area (Å²) in [5.41, 5.74) is 0.704. The largest absolute Gasteiger partial charge is 0.396 e. The second-order valence-corrected chi connectivity index (χ2v) is 4.06. The summed E-state index contributed by atoms with van der Waals surface area (Å²) in [5.74, 6) is -0.168. The molecule has 0 aliphatic heterocycles. The van der Waals surface area contributed by atoms with E-state index in [1.807, 2.05) is 26.0 Å². The number of hydrogen-bond donors (Lipinski definition) is 2. The van der Waals surface area contributed by atoms with E-state index in [1.54, 1.807) is 6.07 Å². The molecule has 2 nitrogen and oxygen atoms in total. The molecule has 0 fully saturated rings. The van der Waals surface area contributed by atoms with Gasteiger partial charge in [0.25, 0.3) is 0 Å². The second kappa shape index (κ2) is 6.61. The predicted molar refractivity (Wildman–Crippen MR) is 63.7 cm³/mol. The fourth-order valence-corrected chi connectivity index (χ4v) is 1.81. The van der Waals surface area contributed by atoms with Crippen molar-refractivity contribution in [1.29, 1.82) is 0 Å². The number of aliphatic hydroxyl groups excluding tert-OH is 1. The Balaban J connectivity index is 2.71. The highest BCUT2D eigenvalue weighted by Gasteiger charge is 2.15. The molecule has 1 aromatic rings. The van der Waals surface area contributed by atoms with E-state index >= 15 is 0 Å². The summed E-state index contributed by atoms with van der Waals surface area (Å²) in [6, 6.07) is 7.04. The van der Waals surface area contributed by atoms with Crippen molar-refractivity contribution in [3.63, 3.8) is 0 Å². The minimum absolute atomic E-state index is 0.0164. The van der Waals surface area contributed by atoms with Gasteiger partial charge in [-0.15, -0.1) is 0 Å². The standard InChI is InChI=1S/C13H20FNO/c1-3-13(15-10(2)8-9-16)11-6-4-5-7-12(11)14/h4-7,10,13,15-16H,3,8-9H2,1-2H3/t10-,13?/m1/s1. The topological polar surface area (TPSA) is 32.3 Å². The highest BCUT2D eigenvalue weighted by molar-refractivity contribution is 5.21. The van der Waals surface area contributed by atoms with Crippen LogP contribution in [0.1, 0.15) is 38.3 Å². The van der Waals surface area contributed by atoms with Crippen LogP contribution < -0.4 is 5.32 Å². The third-order valence-electron chi connectivity index (χ3n) is 2.74. The van der Waals surface area contributed by atoms with Gasteiger partial charge in [-0.25, -0.2) is 4.39 Å². The first-order chi connectivity index (χ1) is 7.69. The summed E-state index contributed by atoms with van der Waals surface area (Å²) < 4.78 is 13.6. The minimum atomic E-state index is -0.168. The molecule has 0 aromatic heterocycles. The molecule has 0 heterocycles. The van der Waals surface area contributed by atoms with Crippen LogP contribution in [-0.2, 0) is 0 Å². The first-order valence-corrected chi connectivity index (χ1v) is 5.80. The molecule has 0 aliphatic carbocycles. The van der Waals surface area contributed by atoms with Crippen molar-refractivity contribution < 1.29 is 9.50 Å². The van der Waals surface area contributed by atoms with Crippen molar-refractivity contribution in [3.05, 3.63) is 35.6 Å². The maximum Gasteiger partial charge on any atom is 0.127 e. The molecule has 0 bridgehead atoms. The van der Waals surface area contributed by atoms with E-state index in [-0.39, 0.29) is 24.5 Å². The highest BCUT2D eigenvalue weighted by atomic mass is 19.1. The molecule has 0 saturated heterocycles. The van der Waals surface area contributed by atoms with Gasteiger partial charge in [0, 0.05) is 24.3 Å². The average molecular weight is 225 g/mol. The molecular formula is C13H20FNO. The number of nitrogens with one attached hydrogen (secondary N) is 1. The fourth-order valence-electron chi connectivity index (χ4n) is 1.81. The second-order valence-electron chi connectivity index (χ2n) is 4.06. The van der Waals surface area contributed by atoms with Crippen LogP contribution in [0.3, 0.4) is 0 Å². The Labute approximate surface area is 96.5 Å². The van der Waals surface area contributed by atoms with Crippen molar-refractivity contribution in [2.75, 3.05) is 6.61 Å². The maximum absolute atomic E-state index is 13.6. The number of rotatable bonds is 6. The Kier molecular flexibility index (Phi) is 5.43. The van der Waals surface area contributed by atoms with Crippen LogP contribution in [0, 0.1) is 5.82 Å². The molecule has 1 unspecified atom stereocenters. The molecule has 2 atom stereocenters. The third-order valence-corrected chi connectivity index (χ3v) is 2.74. The van der Waals surface area contributed by atoms with Gasteiger partial charge in [0.1, 0.15) is 5.82 Å². The quantitative estimate of drug-likeness (QED) is 0.780. The zero-order valence-electron chi connectivity index (χ0n) is 9.91. The van der Waals surface area contributed by atoms with Gasteiger partial charge < -0.3 is 10.4 Å². The molecule has 0 amide bonds. The summed E-state index contributed by atoms with van der Waals surface area (Å²) in [4.78, 5) is 0. The van der Waals surface area contributed by atoms with E-state index in [4.69, 9.17) is 5.11 Å². The summed E-state index contributed by atoms with van der Waals surface area (Å²) in [6.45, 7) is 4.18. The first kappa shape index (κ1) is 13.1. The average Bonchev–Trinajstić information content (AvgIpc) is 2.27. The smallest absolute Gasteiger partial charge is 0.127 e. The van der Waals surface area contributed by atoms with E-state index in [9.17, 15) is 4.39 Å². The van der Waals surface area contributed by atoms with Crippen molar-refractivity contribution in [3.8, 4) is 0 Å². The maximum atomic E-state index is 13.6. The molecule has 0 aliphatic rings. The third kappa shape index (κ3) is 3.58. The van der Waals surface area contributed by atoms with Gasteiger partial charge in [-0.1, -0.05) is 25.1 Å². The van der Waals surface area contributed by atoms with Gasteiger partial charge in [-0.3, -0.25) is 0 Å². The van der Waals surface area contributed by atoms with E-state index in [2.05, 4.69) is 5.32 Å². The highest BCUT2D eigenvalue weighted by Crippen LogP contribution is 2.20. The number of halogens is 1. The summed E-state index contributed by atoms with van der Waals surface area (Å²) >= 11 is 0. The van der Waals surface area contributed by atoms with Crippen LogP contribution in [0.15, 0.2) is 24.3 Å². The number of hydrogen-bond acceptors (Lipinski definition) is 2. The Hall–Kier alpha value is -0.930. The Morgan fingerprint density at radius 1 is 1.38 bits per heavy atom. The lowest BCUT2D eigenvalue weighted by Crippen LogP contribution is -2.31. The van der Waals surface area contributed by atoms with Crippen LogP contribution >= 0.6 is 0 Å². The Morgan fingerprint density at radius 2 is 2.06 bits per heavy atom. The molecule has 1 aromatic carbocycles. The molecule has 1 rings (SSSR count). The Morgan fingerprint density at radius 3 is 2.62 bits per heavy atom. The van der Waals surface area contributed by atoms with E-state index in [1.165, 1.54) is 6.07 Å². The van der Waals surface area contributed by atoms with Crippen LogP contribution in [0.25, 0.3) is 0 Å². The van der Waals surface area contributed by atoms with Gasteiger partial charge in [0.05, 0.1) is 0 Å². The number of benzene rings is 1. The molecule has 3 heteroatoms. The zero-order chi connectivity index (χ0) is 12.0.